The molecule has 3 rings (SSSR count). The average molecular weight is 393 g/mol. The zero-order chi connectivity index (χ0) is 17.8. The maximum atomic E-state index is 12.4. The van der Waals surface area contributed by atoms with Gasteiger partial charge in [0.1, 0.15) is 0 Å². The summed E-state index contributed by atoms with van der Waals surface area (Å²) in [4.78, 5) is 24.2. The molecule has 0 radical (unpaired) electrons. The summed E-state index contributed by atoms with van der Waals surface area (Å²) in [5.41, 5.74) is 2.66. The molecule has 4 nitrogen and oxygen atoms in total. The first-order valence-electron chi connectivity index (χ1n) is 7.74. The molecule has 0 aliphatic carbocycles. The van der Waals surface area contributed by atoms with Gasteiger partial charge in [0.2, 0.25) is 0 Å². The topological polar surface area (TPSA) is 58.2 Å². The SMILES string of the molecule is CNC(=O)c1cc(NC(=O)c2ccc(C3SCCS3)cc2)ccc1Cl. The highest BCUT2D eigenvalue weighted by Gasteiger charge is 2.18. The van der Waals surface area contributed by atoms with E-state index in [1.165, 1.54) is 24.1 Å². The van der Waals surface area contributed by atoms with Gasteiger partial charge in [0.05, 0.1) is 15.2 Å². The first-order valence-corrected chi connectivity index (χ1v) is 10.2. The molecule has 2 aromatic carbocycles. The van der Waals surface area contributed by atoms with E-state index in [-0.39, 0.29) is 11.8 Å². The van der Waals surface area contributed by atoms with Crippen LogP contribution in [0.15, 0.2) is 42.5 Å². The molecule has 130 valence electrons. The quantitative estimate of drug-likeness (QED) is 0.808. The molecule has 1 aliphatic heterocycles. The molecule has 0 unspecified atom stereocenters. The van der Waals surface area contributed by atoms with E-state index in [2.05, 4.69) is 10.6 Å². The molecule has 1 heterocycles. The van der Waals surface area contributed by atoms with E-state index in [9.17, 15) is 9.59 Å². The first-order chi connectivity index (χ1) is 12.1. The van der Waals surface area contributed by atoms with Crippen LogP contribution in [0.3, 0.4) is 0 Å². The Morgan fingerprint density at radius 2 is 1.72 bits per heavy atom. The second-order valence-electron chi connectivity index (χ2n) is 5.42. The van der Waals surface area contributed by atoms with Crippen molar-refractivity contribution in [3.05, 3.63) is 64.2 Å². The maximum Gasteiger partial charge on any atom is 0.255 e. The number of anilines is 1. The van der Waals surface area contributed by atoms with Crippen LogP contribution < -0.4 is 10.6 Å². The van der Waals surface area contributed by atoms with Gasteiger partial charge in [-0.3, -0.25) is 9.59 Å². The summed E-state index contributed by atoms with van der Waals surface area (Å²) in [6, 6.07) is 12.5. The monoisotopic (exact) mass is 392 g/mol. The van der Waals surface area contributed by atoms with E-state index >= 15 is 0 Å². The normalized spacial score (nSPS) is 14.3. The van der Waals surface area contributed by atoms with Crippen molar-refractivity contribution in [2.45, 2.75) is 4.58 Å². The molecule has 0 atom stereocenters. The molecular weight excluding hydrogens is 376 g/mol. The fraction of sp³-hybridized carbons (Fsp3) is 0.222. The summed E-state index contributed by atoms with van der Waals surface area (Å²) in [7, 11) is 1.53. The van der Waals surface area contributed by atoms with Crippen molar-refractivity contribution in [1.29, 1.82) is 0 Å². The van der Waals surface area contributed by atoms with Crippen molar-refractivity contribution >= 4 is 52.6 Å². The smallest absolute Gasteiger partial charge is 0.255 e. The summed E-state index contributed by atoms with van der Waals surface area (Å²) in [6.45, 7) is 0. The van der Waals surface area contributed by atoms with Gasteiger partial charge < -0.3 is 10.6 Å². The third-order valence-corrected chi connectivity index (χ3v) is 7.20. The standard InChI is InChI=1S/C18H17ClN2O2S2/c1-20-17(23)14-10-13(6-7-15(14)19)21-16(22)11-2-4-12(5-3-11)18-24-8-9-25-18/h2-7,10,18H,8-9H2,1H3,(H,20,23)(H,21,22). The van der Waals surface area contributed by atoms with Crippen molar-refractivity contribution in [3.8, 4) is 0 Å². The summed E-state index contributed by atoms with van der Waals surface area (Å²) in [5.74, 6) is 1.82. The van der Waals surface area contributed by atoms with Gasteiger partial charge >= 0.3 is 0 Å². The Morgan fingerprint density at radius 3 is 2.36 bits per heavy atom. The van der Waals surface area contributed by atoms with Crippen LogP contribution >= 0.6 is 35.1 Å². The van der Waals surface area contributed by atoms with E-state index in [1.54, 1.807) is 18.2 Å². The molecule has 1 saturated heterocycles. The summed E-state index contributed by atoms with van der Waals surface area (Å²) in [6.07, 6.45) is 0. The van der Waals surface area contributed by atoms with E-state index in [4.69, 9.17) is 11.6 Å². The Balaban J connectivity index is 1.72. The van der Waals surface area contributed by atoms with Crippen LogP contribution in [0.5, 0.6) is 0 Å². The van der Waals surface area contributed by atoms with Crippen molar-refractivity contribution in [2.24, 2.45) is 0 Å². The molecule has 0 bridgehead atoms. The number of thioether (sulfide) groups is 2. The highest BCUT2D eigenvalue weighted by Crippen LogP contribution is 2.45. The van der Waals surface area contributed by atoms with Crippen LogP contribution in [-0.2, 0) is 0 Å². The lowest BCUT2D eigenvalue weighted by molar-refractivity contribution is 0.0961. The third kappa shape index (κ3) is 4.32. The minimum Gasteiger partial charge on any atom is -0.355 e. The highest BCUT2D eigenvalue weighted by atomic mass is 35.5. The summed E-state index contributed by atoms with van der Waals surface area (Å²) >= 11 is 9.89. The molecule has 0 saturated carbocycles. The predicted molar refractivity (Wildman–Crippen MR) is 107 cm³/mol. The van der Waals surface area contributed by atoms with Gasteiger partial charge in [-0.1, -0.05) is 23.7 Å². The molecule has 2 N–H and O–H groups in total. The molecule has 1 aliphatic rings. The van der Waals surface area contributed by atoms with Crippen LogP contribution in [-0.4, -0.2) is 30.4 Å². The minimum absolute atomic E-state index is 0.219. The van der Waals surface area contributed by atoms with Crippen LogP contribution in [0.1, 0.15) is 30.9 Å². The molecule has 2 aromatic rings. The number of halogens is 1. The van der Waals surface area contributed by atoms with Gasteiger partial charge in [-0.25, -0.2) is 0 Å². The Hall–Kier alpha value is -1.63. The van der Waals surface area contributed by atoms with Crippen molar-refractivity contribution < 1.29 is 9.59 Å². The molecule has 25 heavy (non-hydrogen) atoms. The van der Waals surface area contributed by atoms with Gasteiger partial charge in [0.15, 0.2) is 0 Å². The second kappa shape index (κ2) is 8.17. The van der Waals surface area contributed by atoms with Crippen molar-refractivity contribution in [3.63, 3.8) is 0 Å². The van der Waals surface area contributed by atoms with E-state index in [0.717, 1.165) is 0 Å². The lowest BCUT2D eigenvalue weighted by Crippen LogP contribution is -2.19. The largest absolute Gasteiger partial charge is 0.355 e. The number of amides is 2. The number of carbonyl (C=O) groups is 2. The van der Waals surface area contributed by atoms with E-state index < -0.39 is 0 Å². The number of hydrogen-bond donors (Lipinski definition) is 2. The highest BCUT2D eigenvalue weighted by molar-refractivity contribution is 8.19. The second-order valence-corrected chi connectivity index (χ2v) is 8.55. The average Bonchev–Trinajstić information content (AvgIpc) is 3.17. The Kier molecular flexibility index (Phi) is 5.93. The fourth-order valence-electron chi connectivity index (χ4n) is 2.46. The molecule has 1 fully saturated rings. The third-order valence-electron chi connectivity index (χ3n) is 3.76. The first kappa shape index (κ1) is 18.2. The lowest BCUT2D eigenvalue weighted by atomic mass is 10.1. The van der Waals surface area contributed by atoms with Crippen molar-refractivity contribution in [1.82, 2.24) is 5.32 Å². The lowest BCUT2D eigenvalue weighted by Gasteiger charge is -2.11. The number of benzene rings is 2. The van der Waals surface area contributed by atoms with Gasteiger partial charge in [0.25, 0.3) is 11.8 Å². The zero-order valence-electron chi connectivity index (χ0n) is 13.5. The van der Waals surface area contributed by atoms with Gasteiger partial charge in [-0.15, -0.1) is 23.5 Å². The molecule has 0 spiro atoms. The van der Waals surface area contributed by atoms with Crippen LogP contribution in [0.4, 0.5) is 5.69 Å². The number of rotatable bonds is 4. The van der Waals surface area contributed by atoms with E-state index in [0.29, 0.717) is 26.4 Å². The molecule has 0 aromatic heterocycles. The Morgan fingerprint density at radius 1 is 1.04 bits per heavy atom. The number of nitrogens with one attached hydrogen (secondary N) is 2. The van der Waals surface area contributed by atoms with Gasteiger partial charge in [-0.05, 0) is 35.9 Å². The molecule has 7 heteroatoms. The van der Waals surface area contributed by atoms with Crippen LogP contribution in [0.2, 0.25) is 5.02 Å². The maximum absolute atomic E-state index is 12.4. The van der Waals surface area contributed by atoms with Crippen molar-refractivity contribution in [2.75, 3.05) is 23.9 Å². The van der Waals surface area contributed by atoms with Gasteiger partial charge in [-0.2, -0.15) is 0 Å². The zero-order valence-corrected chi connectivity index (χ0v) is 15.9. The Labute approximate surface area is 160 Å². The number of carbonyl (C=O) groups excluding carboxylic acids is 2. The molecular formula is C18H17ClN2O2S2. The minimum atomic E-state index is -0.294. The van der Waals surface area contributed by atoms with Crippen LogP contribution in [0.25, 0.3) is 0 Å². The Bertz CT molecular complexity index is 790. The number of hydrogen-bond acceptors (Lipinski definition) is 4. The summed E-state index contributed by atoms with van der Waals surface area (Å²) in [5, 5.41) is 5.67. The molecule has 2 amide bonds. The van der Waals surface area contributed by atoms with Gasteiger partial charge in [0, 0.05) is 29.8 Å². The summed E-state index contributed by atoms with van der Waals surface area (Å²) < 4.78 is 0.462. The van der Waals surface area contributed by atoms with Crippen LogP contribution in [0, 0.1) is 0 Å². The predicted octanol–water partition coefficient (Wildman–Crippen LogP) is 4.43. The van der Waals surface area contributed by atoms with E-state index in [1.807, 2.05) is 47.8 Å². The fourth-order valence-corrected chi connectivity index (χ4v) is 5.52.